The quantitative estimate of drug-likeness (QED) is 0.645. The second kappa shape index (κ2) is 8.53. The maximum atomic E-state index is 12.3. The van der Waals surface area contributed by atoms with Crippen LogP contribution in [0.1, 0.15) is 18.9 Å². The molecule has 0 spiro atoms. The number of rotatable bonds is 7. The summed E-state index contributed by atoms with van der Waals surface area (Å²) in [5.41, 5.74) is 1.51. The average molecular weight is 371 g/mol. The number of ether oxygens (including phenoxy) is 2. The van der Waals surface area contributed by atoms with Crippen LogP contribution in [0, 0.1) is 0 Å². The van der Waals surface area contributed by atoms with E-state index in [9.17, 15) is 4.79 Å². The zero-order valence-electron chi connectivity index (χ0n) is 14.7. The molecule has 1 heterocycles. The van der Waals surface area contributed by atoms with E-state index in [1.807, 2.05) is 44.2 Å². The minimum atomic E-state index is -0.321. The highest BCUT2D eigenvalue weighted by molar-refractivity contribution is 7.18. The largest absolute Gasteiger partial charge is 0.494 e. The van der Waals surface area contributed by atoms with E-state index in [0.29, 0.717) is 36.9 Å². The molecular formula is C19H21N3O3S. The molecule has 0 bridgehead atoms. The number of carbonyl (C=O) groups is 1. The van der Waals surface area contributed by atoms with E-state index in [2.05, 4.69) is 15.6 Å². The molecule has 1 aromatic heterocycles. The number of anilines is 1. The third-order valence-corrected chi connectivity index (χ3v) is 4.58. The van der Waals surface area contributed by atoms with Crippen LogP contribution >= 0.6 is 11.3 Å². The van der Waals surface area contributed by atoms with Gasteiger partial charge in [-0.15, -0.1) is 11.3 Å². The first kappa shape index (κ1) is 18.0. The first-order chi connectivity index (χ1) is 12.7. The van der Waals surface area contributed by atoms with Crippen molar-refractivity contribution < 1.29 is 14.3 Å². The van der Waals surface area contributed by atoms with Crippen molar-refractivity contribution in [3.8, 4) is 11.5 Å². The number of hydrogen-bond acceptors (Lipinski definition) is 5. The Hall–Kier alpha value is -2.80. The summed E-state index contributed by atoms with van der Waals surface area (Å²) in [6, 6.07) is 13.0. The topological polar surface area (TPSA) is 72.5 Å². The van der Waals surface area contributed by atoms with Gasteiger partial charge in [-0.25, -0.2) is 9.78 Å². The highest BCUT2D eigenvalue weighted by Crippen LogP contribution is 2.29. The van der Waals surface area contributed by atoms with Crippen LogP contribution in [0.15, 0.2) is 42.5 Å². The van der Waals surface area contributed by atoms with Crippen LogP contribution in [0.2, 0.25) is 0 Å². The summed E-state index contributed by atoms with van der Waals surface area (Å²) in [6.45, 7) is 5.23. The first-order valence-electron chi connectivity index (χ1n) is 8.48. The van der Waals surface area contributed by atoms with Crippen LogP contribution in [0.5, 0.6) is 11.5 Å². The molecule has 136 valence electrons. The lowest BCUT2D eigenvalue weighted by Gasteiger charge is -2.13. The van der Waals surface area contributed by atoms with Crippen molar-refractivity contribution in [2.75, 3.05) is 18.5 Å². The number of hydrogen-bond donors (Lipinski definition) is 2. The van der Waals surface area contributed by atoms with E-state index in [-0.39, 0.29) is 6.03 Å². The zero-order chi connectivity index (χ0) is 18.4. The number of fused-ring (bicyclic) bond motifs is 1. The molecule has 0 aliphatic carbocycles. The molecular weight excluding hydrogens is 350 g/mol. The number of benzene rings is 2. The molecule has 0 fully saturated rings. The van der Waals surface area contributed by atoms with Crippen molar-refractivity contribution >= 4 is 33.3 Å². The Balaban J connectivity index is 1.65. The predicted molar refractivity (Wildman–Crippen MR) is 104 cm³/mol. The number of nitrogens with zero attached hydrogens (tertiary/aromatic N) is 1. The number of urea groups is 1. The van der Waals surface area contributed by atoms with Gasteiger partial charge in [0.25, 0.3) is 0 Å². The molecule has 0 saturated carbocycles. The lowest BCUT2D eigenvalue weighted by Crippen LogP contribution is -2.28. The standard InChI is InChI=1S/C19H21N3O3S/c1-3-24-13-9-10-16(25-4-2)15(11-13)22-19(23)20-12-18-21-14-7-5-6-8-17(14)26-18/h5-11H,3-4,12H2,1-2H3,(H2,20,22,23). The molecule has 2 N–H and O–H groups in total. The summed E-state index contributed by atoms with van der Waals surface area (Å²) >= 11 is 1.57. The summed E-state index contributed by atoms with van der Waals surface area (Å²) in [5.74, 6) is 1.28. The third kappa shape index (κ3) is 4.43. The predicted octanol–water partition coefficient (Wildman–Crippen LogP) is 4.42. The zero-order valence-corrected chi connectivity index (χ0v) is 15.6. The first-order valence-corrected chi connectivity index (χ1v) is 9.30. The van der Waals surface area contributed by atoms with Crippen molar-refractivity contribution in [3.05, 3.63) is 47.5 Å². The number of aromatic nitrogens is 1. The SMILES string of the molecule is CCOc1ccc(OCC)c(NC(=O)NCc2nc3ccccc3s2)c1. The van der Waals surface area contributed by atoms with Gasteiger partial charge in [-0.1, -0.05) is 12.1 Å². The van der Waals surface area contributed by atoms with Crippen molar-refractivity contribution in [2.24, 2.45) is 0 Å². The molecule has 0 aliphatic heterocycles. The van der Waals surface area contributed by atoms with Gasteiger partial charge in [-0.05, 0) is 38.1 Å². The minimum absolute atomic E-state index is 0.321. The summed E-state index contributed by atoms with van der Waals surface area (Å²) in [7, 11) is 0. The maximum Gasteiger partial charge on any atom is 0.319 e. The number of amides is 2. The number of nitrogens with one attached hydrogen (secondary N) is 2. The van der Waals surface area contributed by atoms with Gasteiger partial charge in [0, 0.05) is 6.07 Å². The van der Waals surface area contributed by atoms with Crippen LogP contribution in [-0.2, 0) is 6.54 Å². The molecule has 0 radical (unpaired) electrons. The summed E-state index contributed by atoms with van der Waals surface area (Å²) in [5, 5.41) is 6.51. The Morgan fingerprint density at radius 3 is 2.69 bits per heavy atom. The Kier molecular flexibility index (Phi) is 5.91. The molecule has 26 heavy (non-hydrogen) atoms. The average Bonchev–Trinajstić information content (AvgIpc) is 3.05. The van der Waals surface area contributed by atoms with Crippen molar-refractivity contribution in [2.45, 2.75) is 20.4 Å². The highest BCUT2D eigenvalue weighted by Gasteiger charge is 2.11. The molecule has 3 aromatic rings. The van der Waals surface area contributed by atoms with E-state index < -0.39 is 0 Å². The Morgan fingerprint density at radius 1 is 1.12 bits per heavy atom. The summed E-state index contributed by atoms with van der Waals surface area (Å²) < 4.78 is 12.2. The van der Waals surface area contributed by atoms with Crippen molar-refractivity contribution in [1.82, 2.24) is 10.3 Å². The molecule has 0 atom stereocenters. The highest BCUT2D eigenvalue weighted by atomic mass is 32.1. The molecule has 0 aliphatic rings. The molecule has 0 saturated heterocycles. The third-order valence-electron chi connectivity index (χ3n) is 3.55. The lowest BCUT2D eigenvalue weighted by molar-refractivity contribution is 0.251. The van der Waals surface area contributed by atoms with Crippen LogP contribution in [0.25, 0.3) is 10.2 Å². The van der Waals surface area contributed by atoms with Gasteiger partial charge < -0.3 is 20.1 Å². The van der Waals surface area contributed by atoms with Gasteiger partial charge in [0.2, 0.25) is 0 Å². The van der Waals surface area contributed by atoms with Crippen LogP contribution in [0.3, 0.4) is 0 Å². The Morgan fingerprint density at radius 2 is 1.92 bits per heavy atom. The van der Waals surface area contributed by atoms with Gasteiger partial charge in [-0.3, -0.25) is 0 Å². The second-order valence-corrected chi connectivity index (χ2v) is 6.52. The molecule has 3 rings (SSSR count). The van der Waals surface area contributed by atoms with Crippen LogP contribution in [0.4, 0.5) is 10.5 Å². The van der Waals surface area contributed by atoms with Crippen LogP contribution in [-0.4, -0.2) is 24.2 Å². The normalized spacial score (nSPS) is 10.5. The van der Waals surface area contributed by atoms with E-state index >= 15 is 0 Å². The maximum absolute atomic E-state index is 12.3. The van der Waals surface area contributed by atoms with Crippen molar-refractivity contribution in [1.29, 1.82) is 0 Å². The number of thiazole rings is 1. The van der Waals surface area contributed by atoms with Gasteiger partial charge in [0.05, 0.1) is 35.7 Å². The van der Waals surface area contributed by atoms with E-state index in [0.717, 1.165) is 15.2 Å². The van der Waals surface area contributed by atoms with E-state index in [1.165, 1.54) is 0 Å². The fraction of sp³-hybridized carbons (Fsp3) is 0.263. The van der Waals surface area contributed by atoms with E-state index in [1.54, 1.807) is 23.5 Å². The van der Waals surface area contributed by atoms with Gasteiger partial charge in [0.15, 0.2) is 0 Å². The summed E-state index contributed by atoms with van der Waals surface area (Å²) in [6.07, 6.45) is 0. The van der Waals surface area contributed by atoms with Gasteiger partial charge in [-0.2, -0.15) is 0 Å². The smallest absolute Gasteiger partial charge is 0.319 e. The fourth-order valence-corrected chi connectivity index (χ4v) is 3.37. The van der Waals surface area contributed by atoms with E-state index in [4.69, 9.17) is 9.47 Å². The molecule has 0 unspecified atom stereocenters. The Labute approximate surface area is 156 Å². The molecule has 6 nitrogen and oxygen atoms in total. The van der Waals surface area contributed by atoms with Crippen molar-refractivity contribution in [3.63, 3.8) is 0 Å². The summed E-state index contributed by atoms with van der Waals surface area (Å²) in [4.78, 5) is 16.8. The van der Waals surface area contributed by atoms with Gasteiger partial charge in [0.1, 0.15) is 16.5 Å². The monoisotopic (exact) mass is 371 g/mol. The number of carbonyl (C=O) groups excluding carboxylic acids is 1. The minimum Gasteiger partial charge on any atom is -0.494 e. The molecule has 7 heteroatoms. The number of para-hydroxylation sites is 1. The molecule has 2 aromatic carbocycles. The lowest BCUT2D eigenvalue weighted by atomic mass is 10.2. The van der Waals surface area contributed by atoms with Gasteiger partial charge >= 0.3 is 6.03 Å². The van der Waals surface area contributed by atoms with Crippen LogP contribution < -0.4 is 20.1 Å². The Bertz CT molecular complexity index is 862. The second-order valence-electron chi connectivity index (χ2n) is 5.41. The fourth-order valence-electron chi connectivity index (χ4n) is 2.46. The molecule has 2 amide bonds.